The van der Waals surface area contributed by atoms with Crippen molar-refractivity contribution >= 4 is 23.4 Å². The highest BCUT2D eigenvalue weighted by Gasteiger charge is 2.25. The predicted molar refractivity (Wildman–Crippen MR) is 100 cm³/mol. The molecule has 0 atom stereocenters. The zero-order valence-electron chi connectivity index (χ0n) is 16.1. The number of piperazine rings is 1. The summed E-state index contributed by atoms with van der Waals surface area (Å²) in [6.07, 6.45) is 0. The molecule has 0 aliphatic carbocycles. The highest BCUT2D eigenvalue weighted by Crippen LogP contribution is 2.16. The lowest BCUT2D eigenvalue weighted by Crippen LogP contribution is -3.15. The molecule has 0 aromatic heterocycles. The Morgan fingerprint density at radius 3 is 2.46 bits per heavy atom. The van der Waals surface area contributed by atoms with Crippen LogP contribution in [0.4, 0.5) is 5.69 Å². The van der Waals surface area contributed by atoms with E-state index < -0.39 is 0 Å². The topological polar surface area (TPSA) is 74.2 Å². The van der Waals surface area contributed by atoms with Crippen molar-refractivity contribution in [3.05, 3.63) is 29.3 Å². The van der Waals surface area contributed by atoms with E-state index in [-0.39, 0.29) is 24.3 Å². The van der Waals surface area contributed by atoms with Crippen molar-refractivity contribution in [2.24, 2.45) is 0 Å². The Morgan fingerprint density at radius 1 is 1.19 bits per heavy atom. The number of carbonyl (C=O) groups is 3. The average Bonchev–Trinajstić information content (AvgIpc) is 2.58. The molecule has 0 bridgehead atoms. The summed E-state index contributed by atoms with van der Waals surface area (Å²) in [7, 11) is 1.65. The number of aryl methyl sites for hydroxylation is 2. The fraction of sp³-hybridized carbons (Fsp3) is 0.526. The lowest BCUT2D eigenvalue weighted by Gasteiger charge is -2.31. The Morgan fingerprint density at radius 2 is 1.85 bits per heavy atom. The Kier molecular flexibility index (Phi) is 6.74. The SMILES string of the molecule is CC(=O)N1CC[NH+](CC(=O)N(C)CC(=O)Nc2cc(C)ccc2C)CC1. The number of hydrogen-bond acceptors (Lipinski definition) is 3. The number of carbonyl (C=O) groups excluding carboxylic acids is 3. The van der Waals surface area contributed by atoms with Gasteiger partial charge in [-0.15, -0.1) is 0 Å². The van der Waals surface area contributed by atoms with Crippen molar-refractivity contribution in [1.82, 2.24) is 9.80 Å². The van der Waals surface area contributed by atoms with Crippen LogP contribution in [0.3, 0.4) is 0 Å². The number of nitrogens with one attached hydrogen (secondary N) is 2. The Labute approximate surface area is 154 Å². The van der Waals surface area contributed by atoms with Gasteiger partial charge in [-0.25, -0.2) is 0 Å². The van der Waals surface area contributed by atoms with Crippen molar-refractivity contribution in [3.8, 4) is 0 Å². The summed E-state index contributed by atoms with van der Waals surface area (Å²) < 4.78 is 0. The number of rotatable bonds is 5. The monoisotopic (exact) mass is 361 g/mol. The molecule has 1 aromatic carbocycles. The Bertz CT molecular complexity index is 681. The third kappa shape index (κ3) is 5.56. The van der Waals surface area contributed by atoms with E-state index in [1.54, 1.807) is 18.9 Å². The molecule has 0 radical (unpaired) electrons. The molecule has 1 aliphatic rings. The van der Waals surface area contributed by atoms with Gasteiger partial charge in [-0.05, 0) is 31.0 Å². The first kappa shape index (κ1) is 19.9. The summed E-state index contributed by atoms with van der Waals surface area (Å²) in [4.78, 5) is 40.4. The smallest absolute Gasteiger partial charge is 0.277 e. The fourth-order valence-electron chi connectivity index (χ4n) is 3.03. The highest BCUT2D eigenvalue weighted by molar-refractivity contribution is 5.95. The van der Waals surface area contributed by atoms with Gasteiger partial charge >= 0.3 is 0 Å². The van der Waals surface area contributed by atoms with Gasteiger partial charge in [0, 0.05) is 19.7 Å². The molecular weight excluding hydrogens is 332 g/mol. The van der Waals surface area contributed by atoms with Gasteiger partial charge in [-0.2, -0.15) is 0 Å². The molecule has 1 aromatic rings. The second kappa shape index (κ2) is 8.80. The molecular formula is C19H29N4O3+. The van der Waals surface area contributed by atoms with Crippen molar-refractivity contribution in [1.29, 1.82) is 0 Å². The fourth-order valence-corrected chi connectivity index (χ4v) is 3.03. The summed E-state index contributed by atoms with van der Waals surface area (Å²) in [5.41, 5.74) is 2.84. The zero-order valence-corrected chi connectivity index (χ0v) is 16.1. The van der Waals surface area contributed by atoms with E-state index in [1.807, 2.05) is 32.0 Å². The number of amides is 3. The molecule has 7 nitrogen and oxygen atoms in total. The number of likely N-dealkylation sites (N-methyl/N-ethyl adjacent to an activating group) is 1. The molecule has 7 heteroatoms. The van der Waals surface area contributed by atoms with Crippen LogP contribution < -0.4 is 10.2 Å². The number of nitrogens with zero attached hydrogens (tertiary/aromatic N) is 2. The first-order valence-electron chi connectivity index (χ1n) is 8.96. The quantitative estimate of drug-likeness (QED) is 0.739. The van der Waals surface area contributed by atoms with Crippen molar-refractivity contribution in [2.45, 2.75) is 20.8 Å². The molecule has 0 spiro atoms. The van der Waals surface area contributed by atoms with Crippen LogP contribution in [-0.2, 0) is 14.4 Å². The molecule has 2 rings (SSSR count). The highest BCUT2D eigenvalue weighted by atomic mass is 16.2. The molecule has 1 fully saturated rings. The molecule has 1 saturated heterocycles. The van der Waals surface area contributed by atoms with Crippen LogP contribution >= 0.6 is 0 Å². The minimum Gasteiger partial charge on any atom is -0.332 e. The Hall–Kier alpha value is -2.41. The minimum atomic E-state index is -0.203. The molecule has 1 heterocycles. The number of hydrogen-bond donors (Lipinski definition) is 2. The van der Waals surface area contributed by atoms with Crippen LogP contribution in [0.25, 0.3) is 0 Å². The van der Waals surface area contributed by atoms with Gasteiger partial charge in [0.25, 0.3) is 5.91 Å². The van der Waals surface area contributed by atoms with Gasteiger partial charge in [0.05, 0.1) is 32.7 Å². The lowest BCUT2D eigenvalue weighted by atomic mass is 10.1. The van der Waals surface area contributed by atoms with E-state index in [4.69, 9.17) is 0 Å². The van der Waals surface area contributed by atoms with Crippen molar-refractivity contribution in [2.75, 3.05) is 51.6 Å². The summed E-state index contributed by atoms with van der Waals surface area (Å²) in [6, 6.07) is 5.88. The van der Waals surface area contributed by atoms with Gasteiger partial charge < -0.3 is 20.0 Å². The maximum absolute atomic E-state index is 12.4. The van der Waals surface area contributed by atoms with Crippen LogP contribution in [0.5, 0.6) is 0 Å². The lowest BCUT2D eigenvalue weighted by molar-refractivity contribution is -0.896. The van der Waals surface area contributed by atoms with Gasteiger partial charge in [-0.1, -0.05) is 12.1 Å². The standard InChI is InChI=1S/C19H28N4O3/c1-14-5-6-15(2)17(11-14)20-18(25)12-21(4)19(26)13-22-7-9-23(10-8-22)16(3)24/h5-6,11H,7-10,12-13H2,1-4H3,(H,20,25)/p+1. The van der Waals surface area contributed by atoms with Crippen molar-refractivity contribution in [3.63, 3.8) is 0 Å². The van der Waals surface area contributed by atoms with E-state index >= 15 is 0 Å². The summed E-state index contributed by atoms with van der Waals surface area (Å²) in [6.45, 7) is 8.72. The zero-order chi connectivity index (χ0) is 19.3. The second-order valence-corrected chi connectivity index (χ2v) is 7.05. The normalized spacial score (nSPS) is 14.8. The number of anilines is 1. The van der Waals surface area contributed by atoms with Crippen LogP contribution in [0.1, 0.15) is 18.1 Å². The predicted octanol–water partition coefficient (Wildman–Crippen LogP) is -0.553. The third-order valence-corrected chi connectivity index (χ3v) is 4.79. The van der Waals surface area contributed by atoms with E-state index in [2.05, 4.69) is 5.32 Å². The second-order valence-electron chi connectivity index (χ2n) is 7.05. The van der Waals surface area contributed by atoms with Crippen LogP contribution in [0.2, 0.25) is 0 Å². The van der Waals surface area contributed by atoms with E-state index in [0.29, 0.717) is 19.6 Å². The first-order valence-corrected chi connectivity index (χ1v) is 8.96. The van der Waals surface area contributed by atoms with Gasteiger partial charge in [0.15, 0.2) is 6.54 Å². The summed E-state index contributed by atoms with van der Waals surface area (Å²) >= 11 is 0. The van der Waals surface area contributed by atoms with Crippen LogP contribution in [-0.4, -0.2) is 73.8 Å². The van der Waals surface area contributed by atoms with Gasteiger partial charge in [-0.3, -0.25) is 14.4 Å². The average molecular weight is 361 g/mol. The summed E-state index contributed by atoms with van der Waals surface area (Å²) in [5, 5.41) is 2.87. The largest absolute Gasteiger partial charge is 0.332 e. The Balaban J connectivity index is 1.80. The van der Waals surface area contributed by atoms with Gasteiger partial charge in [0.2, 0.25) is 11.8 Å². The molecule has 0 unspecified atom stereocenters. The molecule has 26 heavy (non-hydrogen) atoms. The van der Waals surface area contributed by atoms with E-state index in [0.717, 1.165) is 34.8 Å². The number of quaternary nitrogens is 1. The molecule has 0 saturated carbocycles. The molecule has 3 amide bonds. The minimum absolute atomic E-state index is 0.0269. The van der Waals surface area contributed by atoms with Crippen molar-refractivity contribution < 1.29 is 19.3 Å². The summed E-state index contributed by atoms with van der Waals surface area (Å²) in [5.74, 6) is -0.186. The molecule has 2 N–H and O–H groups in total. The van der Waals surface area contributed by atoms with Crippen LogP contribution in [0.15, 0.2) is 18.2 Å². The first-order chi connectivity index (χ1) is 12.3. The third-order valence-electron chi connectivity index (χ3n) is 4.79. The maximum Gasteiger partial charge on any atom is 0.277 e. The molecule has 142 valence electrons. The van der Waals surface area contributed by atoms with Crippen LogP contribution in [0, 0.1) is 13.8 Å². The number of benzene rings is 1. The van der Waals surface area contributed by atoms with Gasteiger partial charge in [0.1, 0.15) is 0 Å². The van der Waals surface area contributed by atoms with E-state index in [1.165, 1.54) is 4.90 Å². The van der Waals surface area contributed by atoms with E-state index in [9.17, 15) is 14.4 Å². The maximum atomic E-state index is 12.4. The molecule has 1 aliphatic heterocycles.